The Kier molecular flexibility index (Phi) is 4.37. The molecule has 0 heteroatoms. The number of benzene rings is 2. The SMILES string of the molecule is C[C@H](CCc1ccccc1)Cc1ccccc1. The fraction of sp³-hybridized carbons (Fsp3) is 0.294. The second kappa shape index (κ2) is 6.24. The van der Waals surface area contributed by atoms with Gasteiger partial charge in [0.1, 0.15) is 0 Å². The van der Waals surface area contributed by atoms with E-state index < -0.39 is 0 Å². The summed E-state index contributed by atoms with van der Waals surface area (Å²) in [6, 6.07) is 21.5. The topological polar surface area (TPSA) is 0 Å². The lowest BCUT2D eigenvalue weighted by Crippen LogP contribution is -2.01. The molecule has 17 heavy (non-hydrogen) atoms. The monoisotopic (exact) mass is 224 g/mol. The Morgan fingerprint density at radius 3 is 1.88 bits per heavy atom. The molecule has 0 bridgehead atoms. The van der Waals surface area contributed by atoms with Crippen LogP contribution in [0.5, 0.6) is 0 Å². The summed E-state index contributed by atoms with van der Waals surface area (Å²) in [5.41, 5.74) is 2.90. The van der Waals surface area contributed by atoms with Crippen molar-refractivity contribution in [2.75, 3.05) is 0 Å². The first-order chi connectivity index (χ1) is 8.34. The maximum Gasteiger partial charge on any atom is -0.0253 e. The highest BCUT2D eigenvalue weighted by molar-refractivity contribution is 5.16. The van der Waals surface area contributed by atoms with Gasteiger partial charge in [0, 0.05) is 0 Å². The van der Waals surface area contributed by atoms with Crippen molar-refractivity contribution in [1.82, 2.24) is 0 Å². The first-order valence-electron chi connectivity index (χ1n) is 6.42. The number of aryl methyl sites for hydroxylation is 1. The van der Waals surface area contributed by atoms with Gasteiger partial charge in [-0.3, -0.25) is 0 Å². The molecule has 2 rings (SSSR count). The Bertz CT molecular complexity index is 416. The third kappa shape index (κ3) is 4.07. The molecule has 0 saturated heterocycles. The Balaban J connectivity index is 1.80. The minimum Gasteiger partial charge on any atom is -0.0622 e. The molecule has 0 N–H and O–H groups in total. The lowest BCUT2D eigenvalue weighted by molar-refractivity contribution is 0.530. The van der Waals surface area contributed by atoms with E-state index >= 15 is 0 Å². The van der Waals surface area contributed by atoms with Crippen molar-refractivity contribution >= 4 is 0 Å². The molecule has 2 aromatic rings. The van der Waals surface area contributed by atoms with E-state index in [2.05, 4.69) is 67.6 Å². The van der Waals surface area contributed by atoms with E-state index in [1.54, 1.807) is 0 Å². The average Bonchev–Trinajstić information content (AvgIpc) is 2.39. The van der Waals surface area contributed by atoms with Crippen LogP contribution in [0.2, 0.25) is 0 Å². The van der Waals surface area contributed by atoms with E-state index in [9.17, 15) is 0 Å². The van der Waals surface area contributed by atoms with Crippen molar-refractivity contribution in [3.8, 4) is 0 Å². The predicted molar refractivity (Wildman–Crippen MR) is 74.1 cm³/mol. The fourth-order valence-electron chi connectivity index (χ4n) is 2.18. The first-order valence-corrected chi connectivity index (χ1v) is 6.42. The van der Waals surface area contributed by atoms with Gasteiger partial charge in [-0.15, -0.1) is 0 Å². The minimum absolute atomic E-state index is 0.748. The van der Waals surface area contributed by atoms with Crippen molar-refractivity contribution in [3.05, 3.63) is 71.8 Å². The van der Waals surface area contributed by atoms with Gasteiger partial charge in [-0.25, -0.2) is 0 Å². The minimum atomic E-state index is 0.748. The van der Waals surface area contributed by atoms with E-state index in [0.29, 0.717) is 0 Å². The molecule has 0 aliphatic rings. The van der Waals surface area contributed by atoms with Crippen molar-refractivity contribution in [2.45, 2.75) is 26.2 Å². The van der Waals surface area contributed by atoms with Crippen LogP contribution >= 0.6 is 0 Å². The highest BCUT2D eigenvalue weighted by atomic mass is 14.1. The van der Waals surface area contributed by atoms with Gasteiger partial charge in [0.25, 0.3) is 0 Å². The summed E-state index contributed by atoms with van der Waals surface area (Å²) in [6.07, 6.45) is 3.64. The molecule has 0 aliphatic heterocycles. The summed E-state index contributed by atoms with van der Waals surface area (Å²) in [5, 5.41) is 0. The molecule has 0 aromatic heterocycles. The molecule has 0 nitrogen and oxygen atoms in total. The van der Waals surface area contributed by atoms with E-state index in [4.69, 9.17) is 0 Å². The number of hydrogen-bond donors (Lipinski definition) is 0. The zero-order chi connectivity index (χ0) is 11.9. The molecule has 0 radical (unpaired) electrons. The number of hydrogen-bond acceptors (Lipinski definition) is 0. The summed E-state index contributed by atoms with van der Waals surface area (Å²) in [4.78, 5) is 0. The second-order valence-electron chi connectivity index (χ2n) is 4.82. The van der Waals surface area contributed by atoms with Crippen LogP contribution in [0.25, 0.3) is 0 Å². The largest absolute Gasteiger partial charge is 0.0622 e. The average molecular weight is 224 g/mol. The predicted octanol–water partition coefficient (Wildman–Crippen LogP) is 4.50. The van der Waals surface area contributed by atoms with E-state index in [-0.39, 0.29) is 0 Å². The van der Waals surface area contributed by atoms with Crippen LogP contribution in [0.15, 0.2) is 60.7 Å². The first kappa shape index (κ1) is 11.9. The quantitative estimate of drug-likeness (QED) is 0.701. The van der Waals surface area contributed by atoms with Gasteiger partial charge in [-0.1, -0.05) is 67.6 Å². The van der Waals surface area contributed by atoms with Crippen LogP contribution in [-0.4, -0.2) is 0 Å². The Labute approximate surface area is 104 Å². The zero-order valence-electron chi connectivity index (χ0n) is 10.5. The van der Waals surface area contributed by atoms with Gasteiger partial charge >= 0.3 is 0 Å². The molecule has 0 saturated carbocycles. The van der Waals surface area contributed by atoms with Crippen LogP contribution in [0.1, 0.15) is 24.5 Å². The van der Waals surface area contributed by atoms with Gasteiger partial charge in [0.2, 0.25) is 0 Å². The van der Waals surface area contributed by atoms with E-state index in [1.807, 2.05) is 0 Å². The third-order valence-corrected chi connectivity index (χ3v) is 3.20. The highest BCUT2D eigenvalue weighted by Crippen LogP contribution is 2.14. The molecule has 0 heterocycles. The number of rotatable bonds is 5. The summed E-state index contributed by atoms with van der Waals surface area (Å²) >= 11 is 0. The van der Waals surface area contributed by atoms with Gasteiger partial charge < -0.3 is 0 Å². The molecule has 1 atom stereocenters. The van der Waals surface area contributed by atoms with Crippen molar-refractivity contribution < 1.29 is 0 Å². The third-order valence-electron chi connectivity index (χ3n) is 3.20. The standard InChI is InChI=1S/C17H20/c1-15(14-17-10-6-3-7-11-17)12-13-16-8-4-2-5-9-16/h2-11,15H,12-14H2,1H3/t15-/m1/s1. The normalized spacial score (nSPS) is 12.3. The maximum atomic E-state index is 2.34. The second-order valence-corrected chi connectivity index (χ2v) is 4.82. The van der Waals surface area contributed by atoms with Crippen molar-refractivity contribution in [2.24, 2.45) is 5.92 Å². The van der Waals surface area contributed by atoms with Crippen LogP contribution in [0.3, 0.4) is 0 Å². The van der Waals surface area contributed by atoms with Crippen LogP contribution in [-0.2, 0) is 12.8 Å². The van der Waals surface area contributed by atoms with Gasteiger partial charge in [-0.05, 0) is 36.3 Å². The van der Waals surface area contributed by atoms with Crippen molar-refractivity contribution in [1.29, 1.82) is 0 Å². The lowest BCUT2D eigenvalue weighted by Gasteiger charge is -2.11. The Hall–Kier alpha value is -1.56. The molecule has 0 fully saturated rings. The molecule has 0 aliphatic carbocycles. The summed E-state index contributed by atoms with van der Waals surface area (Å²) < 4.78 is 0. The smallest absolute Gasteiger partial charge is 0.0253 e. The maximum absolute atomic E-state index is 2.34. The molecular formula is C17H20. The molecule has 0 spiro atoms. The fourth-order valence-corrected chi connectivity index (χ4v) is 2.18. The van der Waals surface area contributed by atoms with E-state index in [0.717, 1.165) is 5.92 Å². The summed E-state index contributed by atoms with van der Waals surface area (Å²) in [5.74, 6) is 0.748. The molecule has 0 unspecified atom stereocenters. The molecule has 88 valence electrons. The van der Waals surface area contributed by atoms with Crippen molar-refractivity contribution in [3.63, 3.8) is 0 Å². The van der Waals surface area contributed by atoms with Crippen LogP contribution in [0, 0.1) is 5.92 Å². The Morgan fingerprint density at radius 1 is 0.765 bits per heavy atom. The van der Waals surface area contributed by atoms with E-state index in [1.165, 1.54) is 30.4 Å². The van der Waals surface area contributed by atoms with Crippen LogP contribution in [0.4, 0.5) is 0 Å². The Morgan fingerprint density at radius 2 is 1.29 bits per heavy atom. The van der Waals surface area contributed by atoms with Gasteiger partial charge in [0.05, 0.1) is 0 Å². The molecule has 0 amide bonds. The molecular weight excluding hydrogens is 204 g/mol. The van der Waals surface area contributed by atoms with Gasteiger partial charge in [0.15, 0.2) is 0 Å². The van der Waals surface area contributed by atoms with Gasteiger partial charge in [-0.2, -0.15) is 0 Å². The lowest BCUT2D eigenvalue weighted by atomic mass is 9.95. The van der Waals surface area contributed by atoms with Crippen LogP contribution < -0.4 is 0 Å². The highest BCUT2D eigenvalue weighted by Gasteiger charge is 2.03. The zero-order valence-corrected chi connectivity index (χ0v) is 10.5. The molecule has 2 aromatic carbocycles. The summed E-state index contributed by atoms with van der Waals surface area (Å²) in [6.45, 7) is 2.34. The summed E-state index contributed by atoms with van der Waals surface area (Å²) in [7, 11) is 0.